The van der Waals surface area contributed by atoms with Crippen molar-refractivity contribution in [3.8, 4) is 5.75 Å². The molecule has 31 heavy (non-hydrogen) atoms. The molecule has 2 aromatic rings. The maximum atomic E-state index is 12.7. The third kappa shape index (κ3) is 5.92. The number of hydrogen-bond donors (Lipinski definition) is 3. The van der Waals surface area contributed by atoms with Gasteiger partial charge in [-0.2, -0.15) is 4.31 Å². The number of aromatic hydroxyl groups is 1. The predicted molar refractivity (Wildman–Crippen MR) is 123 cm³/mol. The van der Waals surface area contributed by atoms with Gasteiger partial charge in [-0.1, -0.05) is 12.1 Å². The number of rotatable bonds is 7. The first-order valence-corrected chi connectivity index (χ1v) is 11.9. The lowest BCUT2D eigenvalue weighted by Gasteiger charge is -2.27. The number of benzene rings is 2. The SMILES string of the molecule is CCN(C[C@H](O)c1cccc(O)c1)C(=S)Nc1ccc(S(=O)(=O)N2CCOCC2)cc1. The quantitative estimate of drug-likeness (QED) is 0.535. The van der Waals surface area contributed by atoms with Gasteiger partial charge in [0.25, 0.3) is 0 Å². The van der Waals surface area contributed by atoms with Gasteiger partial charge in [-0.25, -0.2) is 8.42 Å². The van der Waals surface area contributed by atoms with E-state index in [4.69, 9.17) is 17.0 Å². The first-order valence-electron chi connectivity index (χ1n) is 10.0. The van der Waals surface area contributed by atoms with Gasteiger partial charge in [-0.15, -0.1) is 0 Å². The Labute approximate surface area is 188 Å². The second kappa shape index (κ2) is 10.4. The summed E-state index contributed by atoms with van der Waals surface area (Å²) >= 11 is 5.47. The summed E-state index contributed by atoms with van der Waals surface area (Å²) in [5.41, 5.74) is 1.25. The van der Waals surface area contributed by atoms with E-state index in [1.54, 1.807) is 47.4 Å². The average molecular weight is 466 g/mol. The molecule has 168 valence electrons. The Morgan fingerprint density at radius 1 is 1.23 bits per heavy atom. The van der Waals surface area contributed by atoms with Gasteiger partial charge in [-0.3, -0.25) is 0 Å². The lowest BCUT2D eigenvalue weighted by Crippen LogP contribution is -2.40. The minimum absolute atomic E-state index is 0.0902. The number of aliphatic hydroxyl groups is 1. The number of sulfonamides is 1. The van der Waals surface area contributed by atoms with Crippen molar-refractivity contribution < 1.29 is 23.4 Å². The summed E-state index contributed by atoms with van der Waals surface area (Å²) in [6.07, 6.45) is -0.826. The molecule has 1 atom stereocenters. The van der Waals surface area contributed by atoms with Crippen molar-refractivity contribution in [3.05, 3.63) is 54.1 Å². The molecule has 1 saturated heterocycles. The molecule has 2 aromatic carbocycles. The fourth-order valence-corrected chi connectivity index (χ4v) is 4.98. The van der Waals surface area contributed by atoms with Crippen molar-refractivity contribution in [2.75, 3.05) is 44.7 Å². The monoisotopic (exact) mass is 465 g/mol. The summed E-state index contributed by atoms with van der Waals surface area (Å²) < 4.78 is 32.1. The van der Waals surface area contributed by atoms with Crippen LogP contribution in [0.4, 0.5) is 5.69 Å². The number of ether oxygens (including phenoxy) is 1. The van der Waals surface area contributed by atoms with Crippen LogP contribution in [0.2, 0.25) is 0 Å². The number of thiocarbonyl (C=S) groups is 1. The number of phenolic OH excluding ortho intramolecular Hbond substituents is 1. The Hall–Kier alpha value is -2.24. The van der Waals surface area contributed by atoms with Crippen LogP contribution in [-0.2, 0) is 14.8 Å². The zero-order valence-corrected chi connectivity index (χ0v) is 18.9. The number of anilines is 1. The van der Waals surface area contributed by atoms with E-state index >= 15 is 0 Å². The smallest absolute Gasteiger partial charge is 0.243 e. The Balaban J connectivity index is 1.63. The molecule has 1 aliphatic heterocycles. The van der Waals surface area contributed by atoms with Crippen LogP contribution in [0.25, 0.3) is 0 Å². The first kappa shape index (κ1) is 23.4. The number of hydrogen-bond acceptors (Lipinski definition) is 6. The molecule has 0 radical (unpaired) electrons. The third-order valence-corrected chi connectivity index (χ3v) is 7.30. The molecule has 8 nitrogen and oxygen atoms in total. The number of morpholine rings is 1. The van der Waals surface area contributed by atoms with Crippen molar-refractivity contribution in [2.24, 2.45) is 0 Å². The van der Waals surface area contributed by atoms with E-state index in [-0.39, 0.29) is 17.2 Å². The second-order valence-corrected chi connectivity index (χ2v) is 9.45. The van der Waals surface area contributed by atoms with Gasteiger partial charge in [-0.05, 0) is 61.1 Å². The molecular weight excluding hydrogens is 438 g/mol. The second-order valence-electron chi connectivity index (χ2n) is 7.12. The van der Waals surface area contributed by atoms with Gasteiger partial charge >= 0.3 is 0 Å². The highest BCUT2D eigenvalue weighted by Crippen LogP contribution is 2.21. The molecular formula is C21H27N3O5S2. The molecule has 10 heteroatoms. The minimum atomic E-state index is -3.55. The Kier molecular flexibility index (Phi) is 7.84. The molecule has 1 aliphatic rings. The molecule has 0 saturated carbocycles. The average Bonchev–Trinajstić information content (AvgIpc) is 2.78. The van der Waals surface area contributed by atoms with Crippen LogP contribution in [-0.4, -0.2) is 72.3 Å². The summed E-state index contributed by atoms with van der Waals surface area (Å²) in [7, 11) is -3.55. The Morgan fingerprint density at radius 2 is 1.90 bits per heavy atom. The van der Waals surface area contributed by atoms with E-state index in [1.807, 2.05) is 6.92 Å². The normalized spacial score (nSPS) is 15.9. The van der Waals surface area contributed by atoms with E-state index in [2.05, 4.69) is 5.32 Å². The number of aliphatic hydroxyl groups excluding tert-OH is 1. The molecule has 0 aliphatic carbocycles. The number of nitrogens with zero attached hydrogens (tertiary/aromatic N) is 2. The maximum Gasteiger partial charge on any atom is 0.243 e. The summed E-state index contributed by atoms with van der Waals surface area (Å²) in [6.45, 7) is 4.21. The Morgan fingerprint density at radius 3 is 2.52 bits per heavy atom. The highest BCUT2D eigenvalue weighted by molar-refractivity contribution is 7.89. The fraction of sp³-hybridized carbons (Fsp3) is 0.381. The topological polar surface area (TPSA) is 102 Å². The van der Waals surface area contributed by atoms with E-state index in [9.17, 15) is 18.6 Å². The van der Waals surface area contributed by atoms with Gasteiger partial charge in [0.2, 0.25) is 10.0 Å². The lowest BCUT2D eigenvalue weighted by atomic mass is 10.1. The molecule has 0 amide bonds. The summed E-state index contributed by atoms with van der Waals surface area (Å²) in [6, 6.07) is 12.9. The van der Waals surface area contributed by atoms with E-state index < -0.39 is 16.1 Å². The molecule has 0 bridgehead atoms. The van der Waals surface area contributed by atoms with Crippen molar-refractivity contribution in [3.63, 3.8) is 0 Å². The van der Waals surface area contributed by atoms with Crippen LogP contribution in [0.15, 0.2) is 53.4 Å². The molecule has 1 heterocycles. The van der Waals surface area contributed by atoms with Gasteiger partial charge in [0, 0.05) is 25.3 Å². The largest absolute Gasteiger partial charge is 0.508 e. The number of phenols is 1. The zero-order valence-electron chi connectivity index (χ0n) is 17.3. The molecule has 3 rings (SSSR count). The lowest BCUT2D eigenvalue weighted by molar-refractivity contribution is 0.0730. The van der Waals surface area contributed by atoms with E-state index in [0.717, 1.165) is 0 Å². The van der Waals surface area contributed by atoms with Crippen LogP contribution < -0.4 is 5.32 Å². The highest BCUT2D eigenvalue weighted by atomic mass is 32.2. The van der Waals surface area contributed by atoms with Crippen molar-refractivity contribution in [1.82, 2.24) is 9.21 Å². The van der Waals surface area contributed by atoms with Crippen LogP contribution in [0.3, 0.4) is 0 Å². The first-order chi connectivity index (χ1) is 14.8. The van der Waals surface area contributed by atoms with Gasteiger partial charge in [0.15, 0.2) is 5.11 Å². The summed E-state index contributed by atoms with van der Waals surface area (Å²) in [4.78, 5) is 2.01. The van der Waals surface area contributed by atoms with Gasteiger partial charge in [0.05, 0.1) is 30.8 Å². The molecule has 3 N–H and O–H groups in total. The van der Waals surface area contributed by atoms with Crippen LogP contribution in [0.1, 0.15) is 18.6 Å². The molecule has 0 spiro atoms. The molecule has 0 unspecified atom stereocenters. The van der Waals surface area contributed by atoms with E-state index in [1.165, 1.54) is 10.4 Å². The van der Waals surface area contributed by atoms with E-state index in [0.29, 0.717) is 49.2 Å². The minimum Gasteiger partial charge on any atom is -0.508 e. The number of likely N-dealkylation sites (N-methyl/N-ethyl adjacent to an activating group) is 1. The van der Waals surface area contributed by atoms with Gasteiger partial charge < -0.3 is 25.2 Å². The van der Waals surface area contributed by atoms with Gasteiger partial charge in [0.1, 0.15) is 5.75 Å². The van der Waals surface area contributed by atoms with Crippen LogP contribution in [0.5, 0.6) is 5.75 Å². The molecule has 1 fully saturated rings. The maximum absolute atomic E-state index is 12.7. The zero-order chi connectivity index (χ0) is 22.4. The summed E-state index contributed by atoms with van der Waals surface area (Å²) in [5, 5.41) is 23.6. The standard InChI is InChI=1S/C21H27N3O5S2/c1-2-23(15-20(26)16-4-3-5-18(25)14-16)21(30)22-17-6-8-19(9-7-17)31(27,28)24-10-12-29-13-11-24/h3-9,14,20,25-26H,2,10-13,15H2,1H3,(H,22,30)/t20-/m0/s1. The van der Waals surface area contributed by atoms with Crippen molar-refractivity contribution >= 4 is 33.0 Å². The third-order valence-electron chi connectivity index (χ3n) is 5.03. The summed E-state index contributed by atoms with van der Waals surface area (Å²) in [5.74, 6) is 0.0902. The van der Waals surface area contributed by atoms with Crippen LogP contribution >= 0.6 is 12.2 Å². The molecule has 0 aromatic heterocycles. The number of nitrogens with one attached hydrogen (secondary N) is 1. The predicted octanol–water partition coefficient (Wildman–Crippen LogP) is 2.17. The highest BCUT2D eigenvalue weighted by Gasteiger charge is 2.26. The van der Waals surface area contributed by atoms with Crippen LogP contribution in [0, 0.1) is 0 Å². The van der Waals surface area contributed by atoms with Crippen molar-refractivity contribution in [2.45, 2.75) is 17.9 Å². The Bertz CT molecular complexity index is 992. The fourth-order valence-electron chi connectivity index (χ4n) is 3.25. The van der Waals surface area contributed by atoms with Crippen molar-refractivity contribution in [1.29, 1.82) is 0 Å².